The molecule has 4 aromatic rings. The second kappa shape index (κ2) is 7.44. The third-order valence-corrected chi connectivity index (χ3v) is 5.70. The fourth-order valence-electron chi connectivity index (χ4n) is 3.95. The first kappa shape index (κ1) is 19.5. The van der Waals surface area contributed by atoms with Gasteiger partial charge in [0.2, 0.25) is 12.7 Å². The van der Waals surface area contributed by atoms with Gasteiger partial charge in [-0.15, -0.1) is 0 Å². The quantitative estimate of drug-likeness (QED) is 0.505. The Morgan fingerprint density at radius 1 is 1.12 bits per heavy atom. The highest BCUT2D eigenvalue weighted by atomic mass is 19.1. The normalized spacial score (nSPS) is 14.6. The number of nitrogens with one attached hydrogen (secondary N) is 1. The lowest BCUT2D eigenvalue weighted by molar-refractivity contribution is -0.117. The summed E-state index contributed by atoms with van der Waals surface area (Å²) in [5.41, 5.74) is 1.69. The van der Waals surface area contributed by atoms with E-state index in [2.05, 4.69) is 15.5 Å². The number of ether oxygens (including phenoxy) is 2. The molecule has 2 aliphatic rings. The van der Waals surface area contributed by atoms with Crippen LogP contribution in [0.15, 0.2) is 53.5 Å². The van der Waals surface area contributed by atoms with Gasteiger partial charge in [0.05, 0.1) is 17.6 Å². The van der Waals surface area contributed by atoms with Crippen LogP contribution in [0.2, 0.25) is 0 Å². The highest BCUT2D eigenvalue weighted by Gasteiger charge is 2.30. The van der Waals surface area contributed by atoms with Crippen LogP contribution < -0.4 is 20.3 Å². The third kappa shape index (κ3) is 3.49. The van der Waals surface area contributed by atoms with Gasteiger partial charge in [0, 0.05) is 23.1 Å². The highest BCUT2D eigenvalue weighted by molar-refractivity contribution is 5.91. The first-order chi connectivity index (χ1) is 16.1. The standard InChI is InChI=1S/C23H18FN5O4/c24-14-3-6-16(7-4-14)29-22-17(10-25-29)21(13-1-2-13)27-28(23(22)31)11-20(30)26-15-5-8-18-19(9-15)33-12-32-18/h3-10,13H,1-2,11-12H2,(H,26,30). The van der Waals surface area contributed by atoms with Gasteiger partial charge >= 0.3 is 0 Å². The van der Waals surface area contributed by atoms with Crippen LogP contribution in [0.1, 0.15) is 24.5 Å². The Balaban J connectivity index is 1.36. The van der Waals surface area contributed by atoms with Crippen LogP contribution in [0.25, 0.3) is 16.6 Å². The second-order valence-corrected chi connectivity index (χ2v) is 8.03. The van der Waals surface area contributed by atoms with Crippen molar-refractivity contribution in [2.75, 3.05) is 12.1 Å². The Bertz CT molecular complexity index is 1460. The van der Waals surface area contributed by atoms with Crippen LogP contribution in [0.4, 0.5) is 10.1 Å². The average molecular weight is 447 g/mol. The summed E-state index contributed by atoms with van der Waals surface area (Å²) >= 11 is 0. The monoisotopic (exact) mass is 447 g/mol. The largest absolute Gasteiger partial charge is 0.454 e. The van der Waals surface area contributed by atoms with Crippen molar-refractivity contribution in [1.82, 2.24) is 19.6 Å². The second-order valence-electron chi connectivity index (χ2n) is 8.03. The van der Waals surface area contributed by atoms with E-state index in [1.54, 1.807) is 36.5 Å². The van der Waals surface area contributed by atoms with Crippen molar-refractivity contribution in [3.05, 3.63) is 70.5 Å². The molecule has 0 bridgehead atoms. The van der Waals surface area contributed by atoms with E-state index in [4.69, 9.17) is 9.47 Å². The summed E-state index contributed by atoms with van der Waals surface area (Å²) in [6, 6.07) is 10.8. The molecule has 1 fully saturated rings. The number of benzene rings is 2. The maximum Gasteiger partial charge on any atom is 0.293 e. The molecule has 166 valence electrons. The van der Waals surface area contributed by atoms with Gasteiger partial charge in [-0.05, 0) is 49.2 Å². The number of aromatic nitrogens is 4. The van der Waals surface area contributed by atoms with Crippen molar-refractivity contribution in [3.63, 3.8) is 0 Å². The molecule has 3 heterocycles. The molecule has 10 heteroatoms. The molecule has 1 aliphatic heterocycles. The zero-order chi connectivity index (χ0) is 22.5. The number of hydrogen-bond acceptors (Lipinski definition) is 6. The van der Waals surface area contributed by atoms with Gasteiger partial charge in [0.25, 0.3) is 5.56 Å². The predicted octanol–water partition coefficient (Wildman–Crippen LogP) is 2.97. The third-order valence-electron chi connectivity index (χ3n) is 5.70. The number of carbonyl (C=O) groups excluding carboxylic acids is 1. The number of amides is 1. The van der Waals surface area contributed by atoms with Crippen LogP contribution in [0, 0.1) is 5.82 Å². The molecule has 9 nitrogen and oxygen atoms in total. The predicted molar refractivity (Wildman–Crippen MR) is 116 cm³/mol. The highest BCUT2D eigenvalue weighted by Crippen LogP contribution is 2.41. The molecule has 1 aliphatic carbocycles. The summed E-state index contributed by atoms with van der Waals surface area (Å²) in [4.78, 5) is 26.1. The molecule has 0 unspecified atom stereocenters. The molecule has 0 saturated heterocycles. The first-order valence-electron chi connectivity index (χ1n) is 10.5. The van der Waals surface area contributed by atoms with E-state index < -0.39 is 11.5 Å². The smallest absolute Gasteiger partial charge is 0.293 e. The van der Waals surface area contributed by atoms with E-state index in [1.165, 1.54) is 21.5 Å². The van der Waals surface area contributed by atoms with E-state index in [-0.39, 0.29) is 25.1 Å². The molecule has 0 spiro atoms. The molecule has 1 N–H and O–H groups in total. The van der Waals surface area contributed by atoms with Gasteiger partial charge in [-0.2, -0.15) is 10.2 Å². The number of anilines is 1. The Morgan fingerprint density at radius 2 is 1.91 bits per heavy atom. The molecule has 0 atom stereocenters. The summed E-state index contributed by atoms with van der Waals surface area (Å²) in [6.07, 6.45) is 3.54. The van der Waals surface area contributed by atoms with E-state index in [9.17, 15) is 14.0 Å². The van der Waals surface area contributed by atoms with Crippen molar-refractivity contribution in [2.24, 2.45) is 0 Å². The van der Waals surface area contributed by atoms with E-state index in [1.807, 2.05) is 0 Å². The lowest BCUT2D eigenvalue weighted by Crippen LogP contribution is -2.31. The summed E-state index contributed by atoms with van der Waals surface area (Å²) < 4.78 is 26.6. The Morgan fingerprint density at radius 3 is 2.70 bits per heavy atom. The maximum atomic E-state index is 13.4. The minimum absolute atomic E-state index is 0.137. The number of carbonyl (C=O) groups is 1. The van der Waals surface area contributed by atoms with Crippen LogP contribution in [-0.4, -0.2) is 32.3 Å². The maximum absolute atomic E-state index is 13.4. The van der Waals surface area contributed by atoms with Crippen molar-refractivity contribution < 1.29 is 18.7 Å². The first-order valence-corrected chi connectivity index (χ1v) is 10.5. The summed E-state index contributed by atoms with van der Waals surface area (Å²) in [5.74, 6) is 0.593. The van der Waals surface area contributed by atoms with E-state index >= 15 is 0 Å². The molecule has 0 radical (unpaired) electrons. The number of rotatable bonds is 5. The molecule has 2 aromatic heterocycles. The van der Waals surface area contributed by atoms with Gasteiger partial charge in [-0.25, -0.2) is 13.8 Å². The number of halogens is 1. The van der Waals surface area contributed by atoms with Crippen molar-refractivity contribution in [1.29, 1.82) is 0 Å². The molecular formula is C23H18FN5O4. The lowest BCUT2D eigenvalue weighted by Gasteiger charge is -2.11. The Hall–Kier alpha value is -4.21. The van der Waals surface area contributed by atoms with Gasteiger partial charge in [0.15, 0.2) is 11.5 Å². The Labute approximate surface area is 186 Å². The van der Waals surface area contributed by atoms with Crippen LogP contribution >= 0.6 is 0 Å². The van der Waals surface area contributed by atoms with Gasteiger partial charge in [0.1, 0.15) is 17.9 Å². The lowest BCUT2D eigenvalue weighted by atomic mass is 10.2. The minimum Gasteiger partial charge on any atom is -0.454 e. The molecule has 1 amide bonds. The van der Waals surface area contributed by atoms with Crippen molar-refractivity contribution >= 4 is 22.5 Å². The van der Waals surface area contributed by atoms with Crippen LogP contribution in [-0.2, 0) is 11.3 Å². The minimum atomic E-state index is -0.447. The molecule has 6 rings (SSSR count). The number of fused-ring (bicyclic) bond motifs is 2. The Kier molecular flexibility index (Phi) is 4.39. The topological polar surface area (TPSA) is 100 Å². The SMILES string of the molecule is O=C(Cn1nc(C2CC2)c2cnn(-c3ccc(F)cc3)c2c1=O)Nc1ccc2c(c1)OCO2. The van der Waals surface area contributed by atoms with Crippen LogP contribution in [0.5, 0.6) is 11.5 Å². The van der Waals surface area contributed by atoms with Gasteiger partial charge in [-0.1, -0.05) is 0 Å². The average Bonchev–Trinajstić information content (AvgIpc) is 3.37. The van der Waals surface area contributed by atoms with Gasteiger partial charge in [-0.3, -0.25) is 9.59 Å². The number of nitrogens with zero attached hydrogens (tertiary/aromatic N) is 4. The van der Waals surface area contributed by atoms with Crippen molar-refractivity contribution in [3.8, 4) is 17.2 Å². The number of hydrogen-bond donors (Lipinski definition) is 1. The molecule has 33 heavy (non-hydrogen) atoms. The van der Waals surface area contributed by atoms with Gasteiger partial charge < -0.3 is 14.8 Å². The molecular weight excluding hydrogens is 429 g/mol. The molecule has 2 aromatic carbocycles. The van der Waals surface area contributed by atoms with Crippen LogP contribution in [0.3, 0.4) is 0 Å². The van der Waals surface area contributed by atoms with E-state index in [0.717, 1.165) is 18.5 Å². The fraction of sp³-hybridized carbons (Fsp3) is 0.217. The summed E-state index contributed by atoms with van der Waals surface area (Å²) in [7, 11) is 0. The van der Waals surface area contributed by atoms with Crippen molar-refractivity contribution in [2.45, 2.75) is 25.3 Å². The summed E-state index contributed by atoms with van der Waals surface area (Å²) in [5, 5.41) is 12.3. The fourth-order valence-corrected chi connectivity index (χ4v) is 3.95. The summed E-state index contributed by atoms with van der Waals surface area (Å²) in [6.45, 7) is -0.130. The zero-order valence-corrected chi connectivity index (χ0v) is 17.3. The zero-order valence-electron chi connectivity index (χ0n) is 17.3. The molecule has 1 saturated carbocycles. The van der Waals surface area contributed by atoms with E-state index in [0.29, 0.717) is 33.8 Å².